The van der Waals surface area contributed by atoms with Crippen LogP contribution in [0.25, 0.3) is 0 Å². The molecule has 0 amide bonds. The maximum Gasteiger partial charge on any atom is 0.137 e. The molecule has 20 heavy (non-hydrogen) atoms. The summed E-state index contributed by atoms with van der Waals surface area (Å²) in [6, 6.07) is 1.81. The van der Waals surface area contributed by atoms with Gasteiger partial charge in [-0.1, -0.05) is 6.92 Å². The minimum atomic E-state index is -0.255. The summed E-state index contributed by atoms with van der Waals surface area (Å²) < 4.78 is 11.4. The molecule has 0 aromatic carbocycles. The maximum atomic E-state index is 6.54. The molecule has 2 N–H and O–H groups in total. The molecule has 1 aromatic rings. The molecule has 112 valence electrons. The number of hydrogen-bond acceptors (Lipinski definition) is 4. The van der Waals surface area contributed by atoms with E-state index in [2.05, 4.69) is 11.9 Å². The minimum Gasteiger partial charge on any atom is -0.495 e. The van der Waals surface area contributed by atoms with E-state index in [1.807, 2.05) is 19.2 Å². The Morgan fingerprint density at radius 2 is 2.10 bits per heavy atom. The van der Waals surface area contributed by atoms with Crippen LogP contribution in [0.2, 0.25) is 0 Å². The van der Waals surface area contributed by atoms with E-state index in [-0.39, 0.29) is 11.6 Å². The molecule has 1 unspecified atom stereocenters. The van der Waals surface area contributed by atoms with Gasteiger partial charge in [-0.15, -0.1) is 0 Å². The molecular formula is C16H26N2O2. The molecule has 0 bridgehead atoms. The predicted octanol–water partition coefficient (Wildman–Crippen LogP) is 3.08. The summed E-state index contributed by atoms with van der Waals surface area (Å²) in [6.45, 7) is 5.03. The standard InChI is InChI=1S/C16H26N2O2/c1-4-20-16(7-5-12(2)6-8-16)15(17)13-9-14(19-3)11-18-10-13/h9-12,15H,4-8,17H2,1-3H3. The van der Waals surface area contributed by atoms with E-state index in [1.54, 1.807) is 13.3 Å². The van der Waals surface area contributed by atoms with Crippen molar-refractivity contribution < 1.29 is 9.47 Å². The Bertz CT molecular complexity index is 428. The van der Waals surface area contributed by atoms with E-state index in [4.69, 9.17) is 15.2 Å². The molecule has 1 aliphatic carbocycles. The van der Waals surface area contributed by atoms with Gasteiger partial charge in [0.2, 0.25) is 0 Å². The van der Waals surface area contributed by atoms with Crippen molar-refractivity contribution >= 4 is 0 Å². The van der Waals surface area contributed by atoms with Crippen molar-refractivity contribution in [2.75, 3.05) is 13.7 Å². The van der Waals surface area contributed by atoms with Crippen molar-refractivity contribution in [3.8, 4) is 5.75 Å². The first-order chi connectivity index (χ1) is 9.61. The molecule has 1 atom stereocenters. The zero-order valence-corrected chi connectivity index (χ0v) is 12.8. The largest absolute Gasteiger partial charge is 0.495 e. The maximum absolute atomic E-state index is 6.54. The zero-order chi connectivity index (χ0) is 14.6. The lowest BCUT2D eigenvalue weighted by Crippen LogP contribution is -2.46. The highest BCUT2D eigenvalue weighted by Gasteiger charge is 2.41. The van der Waals surface area contributed by atoms with Gasteiger partial charge in [0.05, 0.1) is 24.9 Å². The Kier molecular flexibility index (Phi) is 5.00. The number of nitrogens with zero attached hydrogens (tertiary/aromatic N) is 1. The van der Waals surface area contributed by atoms with Crippen LogP contribution in [0.3, 0.4) is 0 Å². The number of methoxy groups -OCH3 is 1. The first kappa shape index (κ1) is 15.3. The Labute approximate surface area is 121 Å². The molecule has 1 aromatic heterocycles. The average Bonchev–Trinajstić information content (AvgIpc) is 2.49. The Morgan fingerprint density at radius 3 is 2.70 bits per heavy atom. The van der Waals surface area contributed by atoms with Gasteiger partial charge in [0.25, 0.3) is 0 Å². The highest BCUT2D eigenvalue weighted by atomic mass is 16.5. The van der Waals surface area contributed by atoms with E-state index in [0.717, 1.165) is 30.1 Å². The fraction of sp³-hybridized carbons (Fsp3) is 0.688. The van der Waals surface area contributed by atoms with Crippen LogP contribution < -0.4 is 10.5 Å². The Balaban J connectivity index is 2.23. The molecule has 0 spiro atoms. The summed E-state index contributed by atoms with van der Waals surface area (Å²) in [5.74, 6) is 1.51. The quantitative estimate of drug-likeness (QED) is 0.899. The van der Waals surface area contributed by atoms with Gasteiger partial charge >= 0.3 is 0 Å². The summed E-state index contributed by atoms with van der Waals surface area (Å²) in [5, 5.41) is 0. The molecular weight excluding hydrogens is 252 g/mol. The summed E-state index contributed by atoms with van der Waals surface area (Å²) in [7, 11) is 1.65. The van der Waals surface area contributed by atoms with Crippen molar-refractivity contribution in [2.24, 2.45) is 11.7 Å². The molecule has 1 fully saturated rings. The third kappa shape index (κ3) is 3.13. The second kappa shape index (κ2) is 6.55. The van der Waals surface area contributed by atoms with Crippen molar-refractivity contribution in [2.45, 2.75) is 51.2 Å². The highest BCUT2D eigenvalue weighted by Crippen LogP contribution is 2.42. The van der Waals surface area contributed by atoms with Crippen LogP contribution >= 0.6 is 0 Å². The van der Waals surface area contributed by atoms with E-state index in [9.17, 15) is 0 Å². The van der Waals surface area contributed by atoms with Crippen molar-refractivity contribution in [1.82, 2.24) is 4.98 Å². The van der Waals surface area contributed by atoms with Crippen molar-refractivity contribution in [3.63, 3.8) is 0 Å². The minimum absolute atomic E-state index is 0.155. The number of hydrogen-bond donors (Lipinski definition) is 1. The van der Waals surface area contributed by atoms with Gasteiger partial charge < -0.3 is 15.2 Å². The van der Waals surface area contributed by atoms with E-state index in [0.29, 0.717) is 6.61 Å². The second-order valence-corrected chi connectivity index (χ2v) is 5.82. The number of aromatic nitrogens is 1. The molecule has 2 rings (SSSR count). The summed E-state index contributed by atoms with van der Waals surface area (Å²) in [5.41, 5.74) is 7.28. The highest BCUT2D eigenvalue weighted by molar-refractivity contribution is 5.28. The van der Waals surface area contributed by atoms with Crippen LogP contribution in [0.5, 0.6) is 5.75 Å². The normalized spacial score (nSPS) is 28.1. The third-order valence-corrected chi connectivity index (χ3v) is 4.45. The van der Waals surface area contributed by atoms with Crippen LogP contribution in [0, 0.1) is 5.92 Å². The lowest BCUT2D eigenvalue weighted by atomic mass is 9.74. The van der Waals surface area contributed by atoms with Gasteiger partial charge in [-0.3, -0.25) is 4.98 Å². The van der Waals surface area contributed by atoms with E-state index >= 15 is 0 Å². The van der Waals surface area contributed by atoms with Gasteiger partial charge in [-0.25, -0.2) is 0 Å². The molecule has 1 heterocycles. The van der Waals surface area contributed by atoms with Crippen molar-refractivity contribution in [1.29, 1.82) is 0 Å². The number of ether oxygens (including phenoxy) is 2. The van der Waals surface area contributed by atoms with Crippen LogP contribution in [0.4, 0.5) is 0 Å². The first-order valence-electron chi connectivity index (χ1n) is 7.50. The van der Waals surface area contributed by atoms with Gasteiger partial charge in [-0.05, 0) is 50.2 Å². The topological polar surface area (TPSA) is 57.4 Å². The van der Waals surface area contributed by atoms with Gasteiger partial charge in [0, 0.05) is 12.8 Å². The SMILES string of the molecule is CCOC1(C(N)c2cncc(OC)c2)CCC(C)CC1. The van der Waals surface area contributed by atoms with Crippen LogP contribution in [0.1, 0.15) is 51.1 Å². The molecule has 4 nitrogen and oxygen atoms in total. The fourth-order valence-electron chi connectivity index (χ4n) is 3.10. The van der Waals surface area contributed by atoms with Crippen molar-refractivity contribution in [3.05, 3.63) is 24.0 Å². The monoisotopic (exact) mass is 278 g/mol. The molecule has 1 saturated carbocycles. The smallest absolute Gasteiger partial charge is 0.137 e. The number of nitrogens with two attached hydrogens (primary N) is 1. The average molecular weight is 278 g/mol. The Hall–Kier alpha value is -1.13. The molecule has 1 aliphatic rings. The lowest BCUT2D eigenvalue weighted by molar-refractivity contribution is -0.0897. The van der Waals surface area contributed by atoms with Crippen LogP contribution in [-0.4, -0.2) is 24.3 Å². The number of rotatable bonds is 5. The molecule has 0 saturated heterocycles. The van der Waals surface area contributed by atoms with E-state index in [1.165, 1.54) is 12.8 Å². The molecule has 0 aliphatic heterocycles. The number of pyridine rings is 1. The zero-order valence-electron chi connectivity index (χ0n) is 12.8. The van der Waals surface area contributed by atoms with Gasteiger partial charge in [-0.2, -0.15) is 0 Å². The van der Waals surface area contributed by atoms with E-state index < -0.39 is 0 Å². The third-order valence-electron chi connectivity index (χ3n) is 4.45. The van der Waals surface area contributed by atoms with Gasteiger partial charge in [0.15, 0.2) is 0 Å². The molecule has 4 heteroatoms. The summed E-state index contributed by atoms with van der Waals surface area (Å²) in [4.78, 5) is 4.22. The summed E-state index contributed by atoms with van der Waals surface area (Å²) in [6.07, 6.45) is 7.90. The molecule has 0 radical (unpaired) electrons. The van der Waals surface area contributed by atoms with Crippen LogP contribution in [0.15, 0.2) is 18.5 Å². The Morgan fingerprint density at radius 1 is 1.40 bits per heavy atom. The van der Waals surface area contributed by atoms with Gasteiger partial charge in [0.1, 0.15) is 5.75 Å². The van der Waals surface area contributed by atoms with Crippen LogP contribution in [-0.2, 0) is 4.74 Å². The lowest BCUT2D eigenvalue weighted by Gasteiger charge is -2.43. The fourth-order valence-corrected chi connectivity index (χ4v) is 3.10. The summed E-state index contributed by atoms with van der Waals surface area (Å²) >= 11 is 0. The second-order valence-electron chi connectivity index (χ2n) is 5.82. The first-order valence-corrected chi connectivity index (χ1v) is 7.50. The predicted molar refractivity (Wildman–Crippen MR) is 79.7 cm³/mol.